The first-order valence-electron chi connectivity index (χ1n) is 8.61. The fraction of sp³-hybridized carbons (Fsp3) is 0.368. The van der Waals surface area contributed by atoms with Gasteiger partial charge in [-0.1, -0.05) is 23.7 Å². The van der Waals surface area contributed by atoms with E-state index in [0.717, 1.165) is 36.6 Å². The summed E-state index contributed by atoms with van der Waals surface area (Å²) in [5.74, 6) is 1.62. The molecule has 0 atom stereocenters. The number of halogens is 2. The second-order valence-electron chi connectivity index (χ2n) is 5.67. The van der Waals surface area contributed by atoms with Gasteiger partial charge in [-0.15, -0.1) is 24.0 Å². The van der Waals surface area contributed by atoms with Crippen molar-refractivity contribution in [2.45, 2.75) is 19.8 Å². The number of phenols is 1. The fourth-order valence-corrected chi connectivity index (χ4v) is 2.50. The zero-order valence-corrected chi connectivity index (χ0v) is 18.6. The molecule has 0 radical (unpaired) electrons. The van der Waals surface area contributed by atoms with Crippen LogP contribution in [0.25, 0.3) is 0 Å². The predicted octanol–water partition coefficient (Wildman–Crippen LogP) is 3.41. The number of nitrogens with zero attached hydrogens (tertiary/aromatic N) is 2. The summed E-state index contributed by atoms with van der Waals surface area (Å²) < 4.78 is 5.09. The van der Waals surface area contributed by atoms with E-state index in [9.17, 15) is 5.11 Å². The van der Waals surface area contributed by atoms with Crippen LogP contribution in [-0.2, 0) is 12.8 Å². The molecule has 0 aliphatic carbocycles. The largest absolute Gasteiger partial charge is 0.508 e. The van der Waals surface area contributed by atoms with Gasteiger partial charge < -0.3 is 20.5 Å². The quantitative estimate of drug-likeness (QED) is 0.222. The Morgan fingerprint density at radius 3 is 2.67 bits per heavy atom. The molecule has 0 spiro atoms. The Bertz CT molecular complexity index is 726. The van der Waals surface area contributed by atoms with Gasteiger partial charge >= 0.3 is 0 Å². The maximum Gasteiger partial charge on any atom is 0.191 e. The second kappa shape index (κ2) is 12.6. The van der Waals surface area contributed by atoms with Crippen LogP contribution in [0.2, 0.25) is 5.15 Å². The molecular weight excluding hydrogens is 479 g/mol. The molecule has 6 nitrogen and oxygen atoms in total. The Morgan fingerprint density at radius 1 is 1.22 bits per heavy atom. The lowest BCUT2D eigenvalue weighted by Gasteiger charge is -2.11. The number of methoxy groups -OCH3 is 1. The lowest BCUT2D eigenvalue weighted by Crippen LogP contribution is -2.38. The second-order valence-corrected chi connectivity index (χ2v) is 6.06. The summed E-state index contributed by atoms with van der Waals surface area (Å²) in [5.41, 5.74) is 1.96. The van der Waals surface area contributed by atoms with Crippen LogP contribution in [0.4, 0.5) is 0 Å². The van der Waals surface area contributed by atoms with Crippen molar-refractivity contribution in [1.29, 1.82) is 0 Å². The summed E-state index contributed by atoms with van der Waals surface area (Å²) in [5, 5.41) is 17.0. The zero-order chi connectivity index (χ0) is 18.8. The van der Waals surface area contributed by atoms with E-state index >= 15 is 0 Å². The number of pyridine rings is 1. The number of aromatic nitrogens is 1. The van der Waals surface area contributed by atoms with E-state index in [1.165, 1.54) is 0 Å². The third-order valence-electron chi connectivity index (χ3n) is 3.78. The monoisotopic (exact) mass is 504 g/mol. The summed E-state index contributed by atoms with van der Waals surface area (Å²) >= 11 is 5.79. The van der Waals surface area contributed by atoms with Gasteiger partial charge in [0.15, 0.2) is 5.96 Å². The van der Waals surface area contributed by atoms with Crippen LogP contribution < -0.4 is 15.4 Å². The highest BCUT2D eigenvalue weighted by atomic mass is 127. The first kappa shape index (κ1) is 23.3. The Hall–Kier alpha value is -1.74. The summed E-state index contributed by atoms with van der Waals surface area (Å²) in [6.45, 7) is 4.11. The van der Waals surface area contributed by atoms with Crippen LogP contribution >= 0.6 is 35.6 Å². The van der Waals surface area contributed by atoms with Crippen molar-refractivity contribution in [2.24, 2.45) is 4.99 Å². The van der Waals surface area contributed by atoms with Gasteiger partial charge in [-0.3, -0.25) is 4.99 Å². The zero-order valence-electron chi connectivity index (χ0n) is 15.5. The highest BCUT2D eigenvalue weighted by Gasteiger charge is 2.03. The van der Waals surface area contributed by atoms with Gasteiger partial charge in [-0.25, -0.2) is 4.98 Å². The molecule has 0 fully saturated rings. The summed E-state index contributed by atoms with van der Waals surface area (Å²) in [6, 6.07) is 9.06. The van der Waals surface area contributed by atoms with Gasteiger partial charge in [0.25, 0.3) is 0 Å². The fourth-order valence-electron chi connectivity index (χ4n) is 2.39. The molecule has 0 saturated carbocycles. The smallest absolute Gasteiger partial charge is 0.191 e. The topological polar surface area (TPSA) is 78.8 Å². The number of guanidine groups is 1. The van der Waals surface area contributed by atoms with Gasteiger partial charge in [0.2, 0.25) is 0 Å². The Balaban J connectivity index is 0.00000364. The number of hydrogen-bond donors (Lipinski definition) is 3. The van der Waals surface area contributed by atoms with E-state index in [1.54, 1.807) is 25.4 Å². The Morgan fingerprint density at radius 2 is 2.04 bits per heavy atom. The SMILES string of the molecule is CCNC(=NCCc1ccc(OC)cc1O)NCCc1ccc(Cl)nc1.I. The van der Waals surface area contributed by atoms with E-state index in [2.05, 4.69) is 20.6 Å². The number of ether oxygens (including phenoxy) is 1. The molecule has 3 N–H and O–H groups in total. The van der Waals surface area contributed by atoms with Crippen molar-refractivity contribution in [3.8, 4) is 11.5 Å². The Kier molecular flexibility index (Phi) is 10.9. The van der Waals surface area contributed by atoms with Gasteiger partial charge in [0.05, 0.1) is 7.11 Å². The Labute approximate surface area is 182 Å². The van der Waals surface area contributed by atoms with E-state index in [1.807, 2.05) is 25.1 Å². The summed E-state index contributed by atoms with van der Waals surface area (Å²) in [4.78, 5) is 8.63. The van der Waals surface area contributed by atoms with E-state index in [-0.39, 0.29) is 29.7 Å². The first-order valence-corrected chi connectivity index (χ1v) is 8.98. The summed E-state index contributed by atoms with van der Waals surface area (Å²) in [6.07, 6.45) is 3.25. The predicted molar refractivity (Wildman–Crippen MR) is 121 cm³/mol. The third kappa shape index (κ3) is 8.21. The molecule has 0 saturated heterocycles. The average Bonchev–Trinajstić information content (AvgIpc) is 2.64. The van der Waals surface area contributed by atoms with Crippen molar-refractivity contribution in [3.63, 3.8) is 0 Å². The van der Waals surface area contributed by atoms with Crippen LogP contribution in [0.5, 0.6) is 11.5 Å². The highest BCUT2D eigenvalue weighted by molar-refractivity contribution is 14.0. The molecule has 8 heteroatoms. The van der Waals surface area contributed by atoms with Gasteiger partial charge in [-0.05, 0) is 43.0 Å². The number of rotatable bonds is 8. The molecule has 1 aromatic carbocycles. The molecular formula is C19H26ClIN4O2. The van der Waals surface area contributed by atoms with Gasteiger partial charge in [-0.2, -0.15) is 0 Å². The van der Waals surface area contributed by atoms with E-state index in [0.29, 0.717) is 23.9 Å². The summed E-state index contributed by atoms with van der Waals surface area (Å²) in [7, 11) is 1.58. The first-order chi connectivity index (χ1) is 12.6. The lowest BCUT2D eigenvalue weighted by molar-refractivity contribution is 0.406. The van der Waals surface area contributed by atoms with Crippen LogP contribution in [0.3, 0.4) is 0 Å². The molecule has 2 rings (SSSR count). The molecule has 1 aromatic heterocycles. The molecule has 27 heavy (non-hydrogen) atoms. The van der Waals surface area contributed by atoms with Crippen LogP contribution in [0, 0.1) is 0 Å². The minimum absolute atomic E-state index is 0. The number of nitrogens with one attached hydrogen (secondary N) is 2. The average molecular weight is 505 g/mol. The molecule has 0 unspecified atom stereocenters. The van der Waals surface area contributed by atoms with E-state index < -0.39 is 0 Å². The minimum Gasteiger partial charge on any atom is -0.508 e. The molecule has 1 heterocycles. The highest BCUT2D eigenvalue weighted by Crippen LogP contribution is 2.23. The van der Waals surface area contributed by atoms with Crippen molar-refractivity contribution in [2.75, 3.05) is 26.7 Å². The van der Waals surface area contributed by atoms with Crippen molar-refractivity contribution in [1.82, 2.24) is 15.6 Å². The number of phenolic OH excluding ortho intramolecular Hbond substituents is 1. The van der Waals surface area contributed by atoms with Gasteiger partial charge in [0, 0.05) is 31.9 Å². The standard InChI is InChI=1S/C19H25ClN4O2.HI/c1-3-21-19(22-10-8-14-4-7-18(20)24-13-14)23-11-9-15-5-6-16(26-2)12-17(15)25;/h4-7,12-13,25H,3,8-11H2,1-2H3,(H2,21,22,23);1H. The molecule has 2 aromatic rings. The minimum atomic E-state index is 0. The van der Waals surface area contributed by atoms with Crippen molar-refractivity contribution in [3.05, 3.63) is 52.8 Å². The van der Waals surface area contributed by atoms with Crippen LogP contribution in [0.15, 0.2) is 41.5 Å². The van der Waals surface area contributed by atoms with E-state index in [4.69, 9.17) is 16.3 Å². The number of benzene rings is 1. The molecule has 0 aliphatic heterocycles. The maximum atomic E-state index is 10.0. The van der Waals surface area contributed by atoms with Crippen LogP contribution in [-0.4, -0.2) is 42.8 Å². The number of aliphatic imine (C=N–C) groups is 1. The number of aromatic hydroxyl groups is 1. The lowest BCUT2D eigenvalue weighted by atomic mass is 10.1. The molecule has 0 bridgehead atoms. The van der Waals surface area contributed by atoms with Gasteiger partial charge in [0.1, 0.15) is 16.7 Å². The molecule has 0 amide bonds. The maximum absolute atomic E-state index is 10.0. The van der Waals surface area contributed by atoms with Crippen molar-refractivity contribution >= 4 is 41.5 Å². The third-order valence-corrected chi connectivity index (χ3v) is 4.01. The molecule has 148 valence electrons. The normalized spacial score (nSPS) is 10.9. The number of hydrogen-bond acceptors (Lipinski definition) is 4. The van der Waals surface area contributed by atoms with Crippen molar-refractivity contribution < 1.29 is 9.84 Å². The molecule has 0 aliphatic rings. The van der Waals surface area contributed by atoms with Crippen LogP contribution in [0.1, 0.15) is 18.1 Å².